The van der Waals surface area contributed by atoms with Crippen LogP contribution in [0.4, 0.5) is 0 Å². The van der Waals surface area contributed by atoms with Gasteiger partial charge < -0.3 is 4.90 Å². The molecule has 1 fully saturated rings. The standard InChI is InChI=1S/C15H18BrNO/c16-14-7-5-6-13(12-14)8-9-15(18)17-10-3-1-2-4-11-17/h5-9,12H,1-4,10-11H2. The number of amides is 1. The molecule has 0 spiro atoms. The number of hydrogen-bond acceptors (Lipinski definition) is 1. The molecule has 1 heterocycles. The fraction of sp³-hybridized carbons (Fsp3) is 0.400. The highest BCUT2D eigenvalue weighted by molar-refractivity contribution is 9.10. The van der Waals surface area contributed by atoms with E-state index in [9.17, 15) is 4.79 Å². The van der Waals surface area contributed by atoms with Crippen LogP contribution >= 0.6 is 15.9 Å². The fourth-order valence-corrected chi connectivity index (χ4v) is 2.59. The summed E-state index contributed by atoms with van der Waals surface area (Å²) in [6, 6.07) is 7.96. The molecule has 0 aliphatic carbocycles. The van der Waals surface area contributed by atoms with Crippen molar-refractivity contribution >= 4 is 27.9 Å². The van der Waals surface area contributed by atoms with Crippen molar-refractivity contribution < 1.29 is 4.79 Å². The van der Waals surface area contributed by atoms with Crippen LogP contribution in [-0.4, -0.2) is 23.9 Å². The van der Waals surface area contributed by atoms with Gasteiger partial charge in [-0.2, -0.15) is 0 Å². The van der Waals surface area contributed by atoms with Crippen molar-refractivity contribution in [3.05, 3.63) is 40.4 Å². The topological polar surface area (TPSA) is 20.3 Å². The van der Waals surface area contributed by atoms with Crippen molar-refractivity contribution in [2.75, 3.05) is 13.1 Å². The first-order chi connectivity index (χ1) is 8.75. The lowest BCUT2D eigenvalue weighted by molar-refractivity contribution is -0.125. The van der Waals surface area contributed by atoms with Crippen LogP contribution in [0.2, 0.25) is 0 Å². The van der Waals surface area contributed by atoms with E-state index >= 15 is 0 Å². The highest BCUT2D eigenvalue weighted by atomic mass is 79.9. The van der Waals surface area contributed by atoms with Crippen LogP contribution in [-0.2, 0) is 4.79 Å². The molecule has 1 saturated heterocycles. The molecule has 18 heavy (non-hydrogen) atoms. The Morgan fingerprint density at radius 1 is 1.17 bits per heavy atom. The molecule has 1 amide bonds. The molecule has 0 aromatic heterocycles. The summed E-state index contributed by atoms with van der Waals surface area (Å²) >= 11 is 3.43. The summed E-state index contributed by atoms with van der Waals surface area (Å²) in [5.74, 6) is 0.136. The van der Waals surface area contributed by atoms with Crippen molar-refractivity contribution in [2.24, 2.45) is 0 Å². The molecule has 2 nitrogen and oxygen atoms in total. The molecule has 1 aliphatic rings. The molecule has 0 N–H and O–H groups in total. The Morgan fingerprint density at radius 3 is 2.56 bits per heavy atom. The van der Waals surface area contributed by atoms with E-state index in [0.717, 1.165) is 36.0 Å². The SMILES string of the molecule is O=C(C=Cc1cccc(Br)c1)N1CCCCCC1. The zero-order valence-electron chi connectivity index (χ0n) is 10.4. The third-order valence-corrected chi connectivity index (χ3v) is 3.68. The maximum Gasteiger partial charge on any atom is 0.246 e. The van der Waals surface area contributed by atoms with Gasteiger partial charge in [0.1, 0.15) is 0 Å². The average molecular weight is 308 g/mol. The zero-order valence-corrected chi connectivity index (χ0v) is 12.0. The van der Waals surface area contributed by atoms with Crippen LogP contribution in [0.15, 0.2) is 34.8 Å². The summed E-state index contributed by atoms with van der Waals surface area (Å²) in [7, 11) is 0. The van der Waals surface area contributed by atoms with E-state index in [2.05, 4.69) is 15.9 Å². The summed E-state index contributed by atoms with van der Waals surface area (Å²) in [4.78, 5) is 14.0. The number of hydrogen-bond donors (Lipinski definition) is 0. The van der Waals surface area contributed by atoms with Crippen LogP contribution in [0.5, 0.6) is 0 Å². The number of nitrogens with zero attached hydrogens (tertiary/aromatic N) is 1. The van der Waals surface area contributed by atoms with Crippen molar-refractivity contribution in [1.82, 2.24) is 4.90 Å². The van der Waals surface area contributed by atoms with Gasteiger partial charge in [-0.25, -0.2) is 0 Å². The van der Waals surface area contributed by atoms with E-state index in [0.29, 0.717) is 0 Å². The first-order valence-corrected chi connectivity index (χ1v) is 7.27. The average Bonchev–Trinajstić information content (AvgIpc) is 2.65. The first kappa shape index (κ1) is 13.3. The lowest BCUT2D eigenvalue weighted by Crippen LogP contribution is -2.30. The fourth-order valence-electron chi connectivity index (χ4n) is 2.17. The van der Waals surface area contributed by atoms with Crippen LogP contribution in [0.1, 0.15) is 31.2 Å². The number of benzene rings is 1. The molecule has 1 aromatic rings. The lowest BCUT2D eigenvalue weighted by Gasteiger charge is -2.17. The minimum absolute atomic E-state index is 0.136. The molecule has 1 aromatic carbocycles. The minimum atomic E-state index is 0.136. The van der Waals surface area contributed by atoms with E-state index in [1.54, 1.807) is 6.08 Å². The quantitative estimate of drug-likeness (QED) is 0.760. The third kappa shape index (κ3) is 3.98. The van der Waals surface area contributed by atoms with Crippen molar-refractivity contribution in [2.45, 2.75) is 25.7 Å². The summed E-state index contributed by atoms with van der Waals surface area (Å²) in [6.45, 7) is 1.81. The molecule has 2 rings (SSSR count). The van der Waals surface area contributed by atoms with Crippen LogP contribution in [0, 0.1) is 0 Å². The van der Waals surface area contributed by atoms with Crippen LogP contribution in [0.25, 0.3) is 6.08 Å². The molecule has 0 atom stereocenters. The van der Waals surface area contributed by atoms with Gasteiger partial charge in [0.05, 0.1) is 0 Å². The highest BCUT2D eigenvalue weighted by Crippen LogP contribution is 2.14. The monoisotopic (exact) mass is 307 g/mol. The molecule has 3 heteroatoms. The number of rotatable bonds is 2. The lowest BCUT2D eigenvalue weighted by atomic mass is 10.2. The Hall–Kier alpha value is -1.09. The van der Waals surface area contributed by atoms with Gasteiger partial charge >= 0.3 is 0 Å². The van der Waals surface area contributed by atoms with Gasteiger partial charge in [-0.15, -0.1) is 0 Å². The first-order valence-electron chi connectivity index (χ1n) is 6.48. The van der Waals surface area contributed by atoms with Crippen molar-refractivity contribution in [3.63, 3.8) is 0 Å². The normalized spacial score (nSPS) is 16.8. The van der Waals surface area contributed by atoms with E-state index in [-0.39, 0.29) is 5.91 Å². The smallest absolute Gasteiger partial charge is 0.246 e. The Labute approximate surface area is 117 Å². The van der Waals surface area contributed by atoms with Crippen molar-refractivity contribution in [1.29, 1.82) is 0 Å². The molecule has 0 radical (unpaired) electrons. The van der Waals surface area contributed by atoms with E-state index in [1.165, 1.54) is 12.8 Å². The maximum atomic E-state index is 12.0. The molecular weight excluding hydrogens is 290 g/mol. The van der Waals surface area contributed by atoms with Gasteiger partial charge in [0, 0.05) is 23.6 Å². The number of halogens is 1. The van der Waals surface area contributed by atoms with Gasteiger partial charge in [-0.1, -0.05) is 40.9 Å². The molecule has 96 valence electrons. The van der Waals surface area contributed by atoms with Gasteiger partial charge in [-0.05, 0) is 36.6 Å². The zero-order chi connectivity index (χ0) is 12.8. The summed E-state index contributed by atoms with van der Waals surface area (Å²) in [5.41, 5.74) is 1.05. The predicted molar refractivity (Wildman–Crippen MR) is 78.2 cm³/mol. The van der Waals surface area contributed by atoms with E-state index in [4.69, 9.17) is 0 Å². The van der Waals surface area contributed by atoms with E-state index in [1.807, 2.05) is 35.2 Å². The molecular formula is C15H18BrNO. The number of carbonyl (C=O) groups is 1. The third-order valence-electron chi connectivity index (χ3n) is 3.18. The van der Waals surface area contributed by atoms with Crippen LogP contribution in [0.3, 0.4) is 0 Å². The molecule has 0 bridgehead atoms. The van der Waals surface area contributed by atoms with E-state index < -0.39 is 0 Å². The largest absolute Gasteiger partial charge is 0.339 e. The highest BCUT2D eigenvalue weighted by Gasteiger charge is 2.12. The van der Waals surface area contributed by atoms with Crippen molar-refractivity contribution in [3.8, 4) is 0 Å². The summed E-state index contributed by atoms with van der Waals surface area (Å²) in [6.07, 6.45) is 8.34. The number of carbonyl (C=O) groups excluding carboxylic acids is 1. The Morgan fingerprint density at radius 2 is 1.89 bits per heavy atom. The minimum Gasteiger partial charge on any atom is -0.339 e. The second-order valence-electron chi connectivity index (χ2n) is 4.63. The van der Waals surface area contributed by atoms with Gasteiger partial charge in [0.25, 0.3) is 0 Å². The van der Waals surface area contributed by atoms with Gasteiger partial charge in [0.15, 0.2) is 0 Å². The van der Waals surface area contributed by atoms with Crippen LogP contribution < -0.4 is 0 Å². The van der Waals surface area contributed by atoms with Gasteiger partial charge in [-0.3, -0.25) is 4.79 Å². The Balaban J connectivity index is 1.97. The second-order valence-corrected chi connectivity index (χ2v) is 5.54. The number of likely N-dealkylation sites (tertiary alicyclic amines) is 1. The summed E-state index contributed by atoms with van der Waals surface area (Å²) < 4.78 is 1.03. The molecule has 0 saturated carbocycles. The summed E-state index contributed by atoms with van der Waals surface area (Å²) in [5, 5.41) is 0. The molecule has 0 unspecified atom stereocenters. The maximum absolute atomic E-state index is 12.0. The Kier molecular flexibility index (Phi) is 5.00. The molecule has 1 aliphatic heterocycles. The van der Waals surface area contributed by atoms with Gasteiger partial charge in [0.2, 0.25) is 5.91 Å². The Bertz CT molecular complexity index is 434. The second kappa shape index (κ2) is 6.74. The predicted octanol–water partition coefficient (Wildman–Crippen LogP) is 3.86.